The van der Waals surface area contributed by atoms with Crippen molar-refractivity contribution >= 4 is 51.8 Å². The molecule has 0 aliphatic heterocycles. The maximum absolute atomic E-state index is 14.0. The van der Waals surface area contributed by atoms with E-state index in [1.165, 1.54) is 23.5 Å². The van der Waals surface area contributed by atoms with Gasteiger partial charge in [-0.15, -0.1) is 10.2 Å². The molecule has 0 aliphatic carbocycles. The summed E-state index contributed by atoms with van der Waals surface area (Å²) in [5, 5.41) is 20.5. The predicted molar refractivity (Wildman–Crippen MR) is 118 cm³/mol. The zero-order chi connectivity index (χ0) is 22.7. The van der Waals surface area contributed by atoms with Crippen molar-refractivity contribution in [2.45, 2.75) is 33.2 Å². The molecular formula is C18H15F2N7O2S3. The normalized spacial score (nSPS) is 12.2. The van der Waals surface area contributed by atoms with Crippen LogP contribution in [0.5, 0.6) is 0 Å². The molecule has 0 radical (unpaired) electrons. The van der Waals surface area contributed by atoms with Gasteiger partial charge in [0, 0.05) is 17.4 Å². The van der Waals surface area contributed by atoms with E-state index in [0.717, 1.165) is 29.6 Å². The Morgan fingerprint density at radius 1 is 1.28 bits per heavy atom. The van der Waals surface area contributed by atoms with Crippen molar-refractivity contribution in [1.29, 1.82) is 0 Å². The molecule has 0 amide bonds. The van der Waals surface area contributed by atoms with Crippen molar-refractivity contribution in [3.63, 3.8) is 0 Å². The third-order valence-corrected chi connectivity index (χ3v) is 6.72. The molecule has 4 aromatic rings. The molecule has 0 bridgehead atoms. The summed E-state index contributed by atoms with van der Waals surface area (Å²) in [5.74, 6) is -1.50. The van der Waals surface area contributed by atoms with E-state index in [2.05, 4.69) is 35.5 Å². The number of hydrogen-bond acceptors (Lipinski definition) is 11. The fourth-order valence-electron chi connectivity index (χ4n) is 2.55. The number of halogens is 2. The van der Waals surface area contributed by atoms with Crippen molar-refractivity contribution in [3.05, 3.63) is 51.3 Å². The SMILES string of the molecule is C[C@H](CO)Nc1nc(SCc2cccc(F)c2F)nc2[nH]c(=O)c(Sc3nncs3)nc12. The molecule has 3 N–H and O–H groups in total. The Hall–Kier alpha value is -2.68. The fourth-order valence-corrected chi connectivity index (χ4v) is 4.74. The van der Waals surface area contributed by atoms with Gasteiger partial charge in [0.15, 0.2) is 37.6 Å². The monoisotopic (exact) mass is 495 g/mol. The van der Waals surface area contributed by atoms with Crippen molar-refractivity contribution in [2.75, 3.05) is 11.9 Å². The third kappa shape index (κ3) is 5.03. The van der Waals surface area contributed by atoms with E-state index >= 15 is 0 Å². The number of aliphatic hydroxyl groups is 1. The molecular weight excluding hydrogens is 480 g/mol. The molecule has 32 heavy (non-hydrogen) atoms. The highest BCUT2D eigenvalue weighted by Gasteiger charge is 2.17. The standard InChI is InChI=1S/C18H15F2N7O2S3/c1-8(5-28)22-13-12-14(24-15(29)16(23-12)32-18-27-21-7-31-18)26-17(25-13)30-6-9-3-2-4-10(19)11(9)20/h2-4,7-8,28H,5-6H2,1H3,(H2,22,24,25,26,29)/t8-/m1/s1. The van der Waals surface area contributed by atoms with Crippen LogP contribution in [0.3, 0.4) is 0 Å². The summed E-state index contributed by atoms with van der Waals surface area (Å²) in [5.41, 5.74) is 1.69. The highest BCUT2D eigenvalue weighted by Crippen LogP contribution is 2.29. The van der Waals surface area contributed by atoms with E-state index < -0.39 is 17.2 Å². The molecule has 4 rings (SSSR count). The van der Waals surface area contributed by atoms with E-state index in [4.69, 9.17) is 0 Å². The largest absolute Gasteiger partial charge is 0.394 e. The second-order valence-corrected chi connectivity index (χ2v) is 9.47. The Kier molecular flexibility index (Phi) is 6.93. The van der Waals surface area contributed by atoms with Gasteiger partial charge in [0.25, 0.3) is 5.56 Å². The molecule has 9 nitrogen and oxygen atoms in total. The zero-order valence-corrected chi connectivity index (χ0v) is 18.8. The van der Waals surface area contributed by atoms with E-state index in [-0.39, 0.29) is 45.6 Å². The molecule has 0 aliphatic rings. The minimum Gasteiger partial charge on any atom is -0.394 e. The van der Waals surface area contributed by atoms with Gasteiger partial charge in [-0.3, -0.25) is 4.79 Å². The average Bonchev–Trinajstić information content (AvgIpc) is 3.28. The van der Waals surface area contributed by atoms with Crippen molar-refractivity contribution in [1.82, 2.24) is 30.1 Å². The molecule has 3 heterocycles. The number of anilines is 1. The van der Waals surface area contributed by atoms with Crippen LogP contribution in [0.25, 0.3) is 11.2 Å². The van der Waals surface area contributed by atoms with Gasteiger partial charge in [-0.2, -0.15) is 0 Å². The van der Waals surface area contributed by atoms with E-state index in [1.807, 2.05) is 0 Å². The zero-order valence-electron chi connectivity index (χ0n) is 16.4. The minimum atomic E-state index is -0.935. The molecule has 0 fully saturated rings. The van der Waals surface area contributed by atoms with Gasteiger partial charge in [0.05, 0.1) is 6.61 Å². The molecule has 166 valence electrons. The lowest BCUT2D eigenvalue weighted by molar-refractivity contribution is 0.281. The number of hydrogen-bond donors (Lipinski definition) is 3. The minimum absolute atomic E-state index is 0.0761. The summed E-state index contributed by atoms with van der Waals surface area (Å²) in [4.78, 5) is 28.3. The van der Waals surface area contributed by atoms with E-state index in [1.54, 1.807) is 12.4 Å². The molecule has 0 spiro atoms. The Morgan fingerprint density at radius 2 is 2.12 bits per heavy atom. The second-order valence-electron chi connectivity index (χ2n) is 6.46. The quantitative estimate of drug-likeness (QED) is 0.248. The summed E-state index contributed by atoms with van der Waals surface area (Å²) in [6, 6.07) is 3.58. The van der Waals surface area contributed by atoms with Crippen LogP contribution in [0.2, 0.25) is 0 Å². The number of thioether (sulfide) groups is 1. The van der Waals surface area contributed by atoms with Gasteiger partial charge in [-0.05, 0) is 24.8 Å². The van der Waals surface area contributed by atoms with Crippen LogP contribution >= 0.6 is 34.9 Å². The molecule has 14 heteroatoms. The number of rotatable bonds is 8. The Morgan fingerprint density at radius 3 is 2.88 bits per heavy atom. The first kappa shape index (κ1) is 22.5. The van der Waals surface area contributed by atoms with Crippen LogP contribution in [-0.4, -0.2) is 47.9 Å². The predicted octanol–water partition coefficient (Wildman–Crippen LogP) is 3.08. The smallest absolute Gasteiger partial charge is 0.282 e. The molecule has 1 aromatic carbocycles. The van der Waals surface area contributed by atoms with Gasteiger partial charge in [0.1, 0.15) is 11.0 Å². The molecule has 0 unspecified atom stereocenters. The average molecular weight is 496 g/mol. The highest BCUT2D eigenvalue weighted by atomic mass is 32.2. The maximum Gasteiger partial charge on any atom is 0.282 e. The lowest BCUT2D eigenvalue weighted by Crippen LogP contribution is -2.22. The van der Waals surface area contributed by atoms with Gasteiger partial charge in [0.2, 0.25) is 0 Å². The van der Waals surface area contributed by atoms with Crippen LogP contribution in [0.4, 0.5) is 14.6 Å². The summed E-state index contributed by atoms with van der Waals surface area (Å²) in [6.45, 7) is 1.57. The van der Waals surface area contributed by atoms with Gasteiger partial charge in [-0.25, -0.2) is 23.7 Å². The first-order valence-corrected chi connectivity index (χ1v) is 11.8. The van der Waals surface area contributed by atoms with E-state index in [9.17, 15) is 18.7 Å². The number of aromatic nitrogens is 6. The summed E-state index contributed by atoms with van der Waals surface area (Å²) >= 11 is 3.40. The summed E-state index contributed by atoms with van der Waals surface area (Å²) in [7, 11) is 0. The number of nitrogens with one attached hydrogen (secondary N) is 2. The molecule has 0 saturated carbocycles. The first-order chi connectivity index (χ1) is 15.4. The van der Waals surface area contributed by atoms with Crippen molar-refractivity contribution in [2.24, 2.45) is 0 Å². The Balaban J connectivity index is 1.71. The van der Waals surface area contributed by atoms with Crippen molar-refractivity contribution < 1.29 is 13.9 Å². The number of aromatic amines is 1. The second kappa shape index (κ2) is 9.85. The lowest BCUT2D eigenvalue weighted by atomic mass is 10.2. The third-order valence-electron chi connectivity index (χ3n) is 4.07. The number of fused-ring (bicyclic) bond motifs is 1. The van der Waals surface area contributed by atoms with Crippen LogP contribution in [0.1, 0.15) is 12.5 Å². The van der Waals surface area contributed by atoms with E-state index in [0.29, 0.717) is 9.86 Å². The first-order valence-electron chi connectivity index (χ1n) is 9.13. The maximum atomic E-state index is 14.0. The van der Waals surface area contributed by atoms with Crippen molar-refractivity contribution in [3.8, 4) is 0 Å². The van der Waals surface area contributed by atoms with Crippen LogP contribution in [0, 0.1) is 11.6 Å². The summed E-state index contributed by atoms with van der Waals surface area (Å²) in [6.07, 6.45) is 0. The van der Waals surface area contributed by atoms with Crippen LogP contribution in [-0.2, 0) is 5.75 Å². The molecule has 3 aromatic heterocycles. The van der Waals surface area contributed by atoms with Gasteiger partial charge >= 0.3 is 0 Å². The number of H-pyrrole nitrogens is 1. The highest BCUT2D eigenvalue weighted by molar-refractivity contribution is 8.01. The van der Waals surface area contributed by atoms with Gasteiger partial charge in [-0.1, -0.05) is 35.2 Å². The fraction of sp³-hybridized carbons (Fsp3) is 0.222. The Labute approximate surface area is 192 Å². The number of nitrogens with zero attached hydrogens (tertiary/aromatic N) is 5. The Bertz CT molecular complexity index is 1300. The summed E-state index contributed by atoms with van der Waals surface area (Å²) < 4.78 is 28.0. The van der Waals surface area contributed by atoms with Crippen LogP contribution < -0.4 is 10.9 Å². The van der Waals surface area contributed by atoms with Crippen LogP contribution in [0.15, 0.2) is 43.0 Å². The number of benzene rings is 1. The number of aliphatic hydroxyl groups excluding tert-OH is 1. The molecule has 0 saturated heterocycles. The molecule has 1 atom stereocenters. The van der Waals surface area contributed by atoms with Gasteiger partial charge < -0.3 is 15.4 Å². The lowest BCUT2D eigenvalue weighted by Gasteiger charge is -2.14. The topological polar surface area (TPSA) is 130 Å².